The summed E-state index contributed by atoms with van der Waals surface area (Å²) in [5.74, 6) is -0.338. The Balaban J connectivity index is 1.70. The zero-order valence-corrected chi connectivity index (χ0v) is 14.0. The Labute approximate surface area is 144 Å². The van der Waals surface area contributed by atoms with Gasteiger partial charge in [0.25, 0.3) is 5.91 Å². The van der Waals surface area contributed by atoms with Crippen molar-refractivity contribution in [2.45, 2.75) is 25.3 Å². The lowest BCUT2D eigenvalue weighted by Gasteiger charge is -2.28. The van der Waals surface area contributed by atoms with Crippen molar-refractivity contribution in [3.8, 4) is 0 Å². The number of thiophene rings is 1. The van der Waals surface area contributed by atoms with Crippen molar-refractivity contribution in [2.24, 2.45) is 0 Å². The molecule has 1 aliphatic heterocycles. The number of amides is 2. The first-order valence-corrected chi connectivity index (χ1v) is 8.92. The summed E-state index contributed by atoms with van der Waals surface area (Å²) in [6.45, 7) is 1.05. The Morgan fingerprint density at radius 1 is 1.38 bits per heavy atom. The first-order valence-electron chi connectivity index (χ1n) is 7.98. The summed E-state index contributed by atoms with van der Waals surface area (Å²) < 4.78 is 13.4. The van der Waals surface area contributed by atoms with E-state index in [0.717, 1.165) is 12.0 Å². The molecule has 0 saturated carbocycles. The molecule has 3 rings (SSSR count). The topological polar surface area (TPSA) is 49.4 Å². The van der Waals surface area contributed by atoms with Crippen LogP contribution in [0.15, 0.2) is 41.1 Å². The van der Waals surface area contributed by atoms with Crippen LogP contribution in [0.1, 0.15) is 28.8 Å². The van der Waals surface area contributed by atoms with E-state index in [-0.39, 0.29) is 23.7 Å². The number of carbonyl (C=O) groups excluding carboxylic acids is 2. The largest absolute Gasteiger partial charge is 0.350 e. The predicted molar refractivity (Wildman–Crippen MR) is 91.5 cm³/mol. The SMILES string of the molecule is O=C(NC[C@H](Cc1cccc(F)c1)N1CCCC1=O)c1ccsc1. The number of hydrogen-bond donors (Lipinski definition) is 1. The monoisotopic (exact) mass is 346 g/mol. The molecule has 0 radical (unpaired) electrons. The summed E-state index contributed by atoms with van der Waals surface area (Å²) >= 11 is 1.47. The summed E-state index contributed by atoms with van der Waals surface area (Å²) in [7, 11) is 0. The molecule has 1 aliphatic rings. The molecule has 2 amide bonds. The third-order valence-corrected chi connectivity index (χ3v) is 4.88. The van der Waals surface area contributed by atoms with Crippen molar-refractivity contribution in [3.63, 3.8) is 0 Å². The van der Waals surface area contributed by atoms with E-state index in [0.29, 0.717) is 31.5 Å². The Morgan fingerprint density at radius 3 is 2.92 bits per heavy atom. The highest BCUT2D eigenvalue weighted by Gasteiger charge is 2.28. The molecule has 2 heterocycles. The second-order valence-corrected chi connectivity index (χ2v) is 6.68. The van der Waals surface area contributed by atoms with Gasteiger partial charge in [-0.3, -0.25) is 9.59 Å². The van der Waals surface area contributed by atoms with E-state index in [1.807, 2.05) is 11.4 Å². The van der Waals surface area contributed by atoms with Crippen molar-refractivity contribution < 1.29 is 14.0 Å². The fourth-order valence-electron chi connectivity index (χ4n) is 2.99. The molecule has 126 valence electrons. The van der Waals surface area contributed by atoms with E-state index >= 15 is 0 Å². The van der Waals surface area contributed by atoms with Gasteiger partial charge in [-0.25, -0.2) is 4.39 Å². The zero-order chi connectivity index (χ0) is 16.9. The minimum absolute atomic E-state index is 0.0983. The van der Waals surface area contributed by atoms with Crippen LogP contribution in [0.2, 0.25) is 0 Å². The van der Waals surface area contributed by atoms with E-state index in [1.54, 1.807) is 22.4 Å². The normalized spacial score (nSPS) is 15.5. The molecule has 6 heteroatoms. The van der Waals surface area contributed by atoms with Crippen molar-refractivity contribution in [3.05, 3.63) is 58.0 Å². The molecule has 2 aromatic rings. The van der Waals surface area contributed by atoms with Gasteiger partial charge >= 0.3 is 0 Å². The molecule has 4 nitrogen and oxygen atoms in total. The fraction of sp³-hybridized carbons (Fsp3) is 0.333. The van der Waals surface area contributed by atoms with Gasteiger partial charge in [0.15, 0.2) is 0 Å². The molecule has 24 heavy (non-hydrogen) atoms. The lowest BCUT2D eigenvalue weighted by molar-refractivity contribution is -0.129. The summed E-state index contributed by atoms with van der Waals surface area (Å²) in [4.78, 5) is 26.0. The number of hydrogen-bond acceptors (Lipinski definition) is 3. The van der Waals surface area contributed by atoms with Crippen molar-refractivity contribution >= 4 is 23.2 Å². The van der Waals surface area contributed by atoms with Crippen LogP contribution < -0.4 is 5.32 Å². The van der Waals surface area contributed by atoms with Crippen LogP contribution in [0.4, 0.5) is 4.39 Å². The highest BCUT2D eigenvalue weighted by Crippen LogP contribution is 2.18. The van der Waals surface area contributed by atoms with Crippen LogP contribution in [0.5, 0.6) is 0 Å². The lowest BCUT2D eigenvalue weighted by Crippen LogP contribution is -2.45. The summed E-state index contributed by atoms with van der Waals surface area (Å²) in [6, 6.07) is 7.99. The number of nitrogens with zero attached hydrogens (tertiary/aromatic N) is 1. The van der Waals surface area contributed by atoms with Gasteiger partial charge in [0.1, 0.15) is 5.82 Å². The third kappa shape index (κ3) is 4.00. The van der Waals surface area contributed by atoms with Gasteiger partial charge in [0, 0.05) is 30.5 Å². The van der Waals surface area contributed by atoms with Crippen molar-refractivity contribution in [2.75, 3.05) is 13.1 Å². The molecule has 1 saturated heterocycles. The van der Waals surface area contributed by atoms with Crippen LogP contribution >= 0.6 is 11.3 Å². The van der Waals surface area contributed by atoms with Gasteiger partial charge in [-0.05, 0) is 42.0 Å². The lowest BCUT2D eigenvalue weighted by atomic mass is 10.0. The highest BCUT2D eigenvalue weighted by molar-refractivity contribution is 7.08. The number of benzene rings is 1. The van der Waals surface area contributed by atoms with Crippen LogP contribution in [-0.2, 0) is 11.2 Å². The number of carbonyl (C=O) groups is 2. The van der Waals surface area contributed by atoms with E-state index in [9.17, 15) is 14.0 Å². The Morgan fingerprint density at radius 2 is 2.25 bits per heavy atom. The first kappa shape index (κ1) is 16.6. The highest BCUT2D eigenvalue weighted by atomic mass is 32.1. The maximum Gasteiger partial charge on any atom is 0.252 e. The Hall–Kier alpha value is -2.21. The summed E-state index contributed by atoms with van der Waals surface area (Å²) in [6.07, 6.45) is 1.89. The third-order valence-electron chi connectivity index (χ3n) is 4.19. The Bertz CT molecular complexity index is 718. The molecule has 1 aromatic heterocycles. The van der Waals surface area contributed by atoms with Crippen molar-refractivity contribution in [1.29, 1.82) is 0 Å². The average Bonchev–Trinajstić information content (AvgIpc) is 3.23. The molecule has 1 fully saturated rings. The van der Waals surface area contributed by atoms with E-state index in [2.05, 4.69) is 5.32 Å². The van der Waals surface area contributed by atoms with E-state index in [1.165, 1.54) is 23.5 Å². The van der Waals surface area contributed by atoms with Crippen LogP contribution in [-0.4, -0.2) is 35.8 Å². The second kappa shape index (κ2) is 7.57. The molecule has 1 N–H and O–H groups in total. The molecule has 1 aromatic carbocycles. The predicted octanol–water partition coefficient (Wildman–Crippen LogP) is 2.85. The van der Waals surface area contributed by atoms with Gasteiger partial charge in [-0.15, -0.1) is 0 Å². The van der Waals surface area contributed by atoms with Gasteiger partial charge in [-0.1, -0.05) is 12.1 Å². The molecular weight excluding hydrogens is 327 g/mol. The molecule has 0 aliphatic carbocycles. The average molecular weight is 346 g/mol. The number of rotatable bonds is 6. The standard InChI is InChI=1S/C18H19FN2O2S/c19-15-4-1-3-13(9-15)10-16(21-7-2-5-17(21)22)11-20-18(23)14-6-8-24-12-14/h1,3-4,6,8-9,12,16H,2,5,7,10-11H2,(H,20,23)/t16-/m0/s1. The first-order chi connectivity index (χ1) is 11.6. The van der Waals surface area contributed by atoms with Gasteiger partial charge in [0.05, 0.1) is 6.04 Å². The zero-order valence-electron chi connectivity index (χ0n) is 13.2. The van der Waals surface area contributed by atoms with E-state index in [4.69, 9.17) is 0 Å². The number of likely N-dealkylation sites (tertiary alicyclic amines) is 1. The molecule has 0 unspecified atom stereocenters. The molecule has 0 spiro atoms. The van der Waals surface area contributed by atoms with Crippen molar-refractivity contribution in [1.82, 2.24) is 10.2 Å². The molecule has 1 atom stereocenters. The van der Waals surface area contributed by atoms with Crippen LogP contribution in [0.3, 0.4) is 0 Å². The fourth-order valence-corrected chi connectivity index (χ4v) is 3.63. The summed E-state index contributed by atoms with van der Waals surface area (Å²) in [5, 5.41) is 6.54. The summed E-state index contributed by atoms with van der Waals surface area (Å²) in [5.41, 5.74) is 1.45. The maximum atomic E-state index is 13.4. The number of nitrogens with one attached hydrogen (secondary N) is 1. The minimum atomic E-state index is -0.290. The number of halogens is 1. The van der Waals surface area contributed by atoms with Crippen LogP contribution in [0.25, 0.3) is 0 Å². The Kier molecular flexibility index (Phi) is 5.25. The minimum Gasteiger partial charge on any atom is -0.350 e. The quantitative estimate of drug-likeness (QED) is 0.874. The molecule has 0 bridgehead atoms. The second-order valence-electron chi connectivity index (χ2n) is 5.90. The van der Waals surface area contributed by atoms with Gasteiger partial charge < -0.3 is 10.2 Å². The van der Waals surface area contributed by atoms with E-state index < -0.39 is 0 Å². The molecular formula is C18H19FN2O2S. The van der Waals surface area contributed by atoms with Gasteiger partial charge in [-0.2, -0.15) is 11.3 Å². The maximum absolute atomic E-state index is 13.4. The van der Waals surface area contributed by atoms with Gasteiger partial charge in [0.2, 0.25) is 5.91 Å². The van der Waals surface area contributed by atoms with Crippen LogP contribution in [0, 0.1) is 5.82 Å². The smallest absolute Gasteiger partial charge is 0.252 e.